The van der Waals surface area contributed by atoms with Gasteiger partial charge in [-0.3, -0.25) is 0 Å². The highest BCUT2D eigenvalue weighted by Crippen LogP contribution is 2.21. The maximum atomic E-state index is 12.0. The molecule has 3 heteroatoms. The molecule has 0 unspecified atom stereocenters. The number of carbonyl (C=O) groups excluding carboxylic acids is 1. The normalized spacial score (nSPS) is 10.5. The van der Waals surface area contributed by atoms with Crippen LogP contribution in [0.3, 0.4) is 0 Å². The monoisotopic (exact) mass is 257 g/mol. The van der Waals surface area contributed by atoms with Crippen LogP contribution in [0.25, 0.3) is 0 Å². The van der Waals surface area contributed by atoms with Crippen molar-refractivity contribution in [2.45, 2.75) is 27.2 Å². The third-order valence-corrected chi connectivity index (χ3v) is 3.28. The zero-order valence-electron chi connectivity index (χ0n) is 11.6. The molecule has 1 aromatic carbocycles. The molecule has 3 nitrogen and oxygen atoms in total. The fourth-order valence-corrected chi connectivity index (χ4v) is 2.21. The minimum atomic E-state index is -0.240. The van der Waals surface area contributed by atoms with E-state index in [1.165, 1.54) is 5.56 Å². The van der Waals surface area contributed by atoms with Gasteiger partial charge in [0.05, 0.1) is 12.2 Å². The first-order valence-electron chi connectivity index (χ1n) is 6.52. The largest absolute Gasteiger partial charge is 0.462 e. The molecule has 0 atom stereocenters. The summed E-state index contributed by atoms with van der Waals surface area (Å²) in [7, 11) is 0. The first-order valence-corrected chi connectivity index (χ1v) is 6.52. The van der Waals surface area contributed by atoms with Crippen molar-refractivity contribution in [3.05, 3.63) is 58.4 Å². The summed E-state index contributed by atoms with van der Waals surface area (Å²) in [5, 5.41) is 0. The molecule has 19 heavy (non-hydrogen) atoms. The molecule has 0 spiro atoms. The van der Waals surface area contributed by atoms with Gasteiger partial charge in [-0.1, -0.05) is 30.3 Å². The molecule has 0 radical (unpaired) electrons. The van der Waals surface area contributed by atoms with E-state index in [9.17, 15) is 4.79 Å². The Hall–Kier alpha value is -2.03. The van der Waals surface area contributed by atoms with Crippen LogP contribution < -0.4 is 0 Å². The van der Waals surface area contributed by atoms with Gasteiger partial charge in [-0.15, -0.1) is 0 Å². The van der Waals surface area contributed by atoms with Crippen LogP contribution in [0.4, 0.5) is 0 Å². The number of ether oxygens (including phenoxy) is 1. The number of benzene rings is 1. The van der Waals surface area contributed by atoms with E-state index in [0.29, 0.717) is 18.6 Å². The molecule has 0 aliphatic rings. The van der Waals surface area contributed by atoms with E-state index in [2.05, 4.69) is 17.1 Å². The molecule has 1 heterocycles. The fourth-order valence-electron chi connectivity index (χ4n) is 2.21. The van der Waals surface area contributed by atoms with E-state index in [1.54, 1.807) is 0 Å². The van der Waals surface area contributed by atoms with Crippen LogP contribution in [-0.4, -0.2) is 17.6 Å². The summed E-state index contributed by atoms with van der Waals surface area (Å²) in [5.41, 5.74) is 4.79. The van der Waals surface area contributed by atoms with Gasteiger partial charge in [0.15, 0.2) is 0 Å². The van der Waals surface area contributed by atoms with Crippen LogP contribution in [0, 0.1) is 13.8 Å². The van der Waals surface area contributed by atoms with Crippen LogP contribution in [0.5, 0.6) is 0 Å². The van der Waals surface area contributed by atoms with Crippen LogP contribution >= 0.6 is 0 Å². The Kier molecular flexibility index (Phi) is 4.05. The van der Waals surface area contributed by atoms with Gasteiger partial charge in [-0.05, 0) is 31.9 Å². The van der Waals surface area contributed by atoms with Crippen molar-refractivity contribution in [2.24, 2.45) is 0 Å². The second-order valence-corrected chi connectivity index (χ2v) is 4.61. The van der Waals surface area contributed by atoms with Gasteiger partial charge in [0.25, 0.3) is 0 Å². The second-order valence-electron chi connectivity index (χ2n) is 4.61. The number of hydrogen-bond donors (Lipinski definition) is 1. The zero-order chi connectivity index (χ0) is 13.8. The fraction of sp³-hybridized carbons (Fsp3) is 0.312. The Labute approximate surface area is 113 Å². The predicted molar refractivity (Wildman–Crippen MR) is 75.5 cm³/mol. The lowest BCUT2D eigenvalue weighted by molar-refractivity contribution is 0.0524. The Balaban J connectivity index is 2.35. The molecule has 2 aromatic rings. The lowest BCUT2D eigenvalue weighted by atomic mass is 10.0. The van der Waals surface area contributed by atoms with E-state index < -0.39 is 0 Å². The summed E-state index contributed by atoms with van der Waals surface area (Å²) in [4.78, 5) is 15.3. The molecule has 1 aromatic heterocycles. The second kappa shape index (κ2) is 5.74. The van der Waals surface area contributed by atoms with Gasteiger partial charge in [0, 0.05) is 17.8 Å². The Morgan fingerprint density at radius 3 is 2.53 bits per heavy atom. The minimum absolute atomic E-state index is 0.240. The molecule has 0 saturated heterocycles. The number of H-pyrrole nitrogens is 1. The number of aromatic nitrogens is 1. The number of aromatic amines is 1. The quantitative estimate of drug-likeness (QED) is 0.853. The Morgan fingerprint density at radius 2 is 1.89 bits per heavy atom. The van der Waals surface area contributed by atoms with Crippen molar-refractivity contribution in [1.82, 2.24) is 4.98 Å². The molecule has 2 rings (SSSR count). The summed E-state index contributed by atoms with van der Waals surface area (Å²) in [6.07, 6.45) is 0.712. The van der Waals surface area contributed by atoms with Crippen molar-refractivity contribution in [1.29, 1.82) is 0 Å². The van der Waals surface area contributed by atoms with Crippen LogP contribution in [0.1, 0.15) is 39.8 Å². The van der Waals surface area contributed by atoms with Gasteiger partial charge in [-0.2, -0.15) is 0 Å². The van der Waals surface area contributed by atoms with Crippen molar-refractivity contribution in [2.75, 3.05) is 6.61 Å². The van der Waals surface area contributed by atoms with Crippen molar-refractivity contribution < 1.29 is 9.53 Å². The first kappa shape index (κ1) is 13.4. The van der Waals surface area contributed by atoms with E-state index in [1.807, 2.05) is 39.0 Å². The smallest absolute Gasteiger partial charge is 0.340 e. The van der Waals surface area contributed by atoms with Gasteiger partial charge >= 0.3 is 5.97 Å². The van der Waals surface area contributed by atoms with Crippen molar-refractivity contribution in [3.63, 3.8) is 0 Å². The molecule has 0 fully saturated rings. The SMILES string of the molecule is CCOC(=O)c1c(Cc2ccccc2)[nH]c(C)c1C. The molecule has 100 valence electrons. The molecule has 0 amide bonds. The summed E-state index contributed by atoms with van der Waals surface area (Å²) in [5.74, 6) is -0.240. The Bertz CT molecular complexity index is 570. The van der Waals surface area contributed by atoms with Gasteiger partial charge < -0.3 is 9.72 Å². The maximum Gasteiger partial charge on any atom is 0.340 e. The highest BCUT2D eigenvalue weighted by Gasteiger charge is 2.19. The maximum absolute atomic E-state index is 12.0. The average Bonchev–Trinajstić information content (AvgIpc) is 2.66. The van der Waals surface area contributed by atoms with E-state index in [-0.39, 0.29) is 5.97 Å². The highest BCUT2D eigenvalue weighted by molar-refractivity contribution is 5.93. The number of carbonyl (C=O) groups is 1. The predicted octanol–water partition coefficient (Wildman–Crippen LogP) is 3.40. The summed E-state index contributed by atoms with van der Waals surface area (Å²) in [6.45, 7) is 6.15. The third kappa shape index (κ3) is 2.87. The minimum Gasteiger partial charge on any atom is -0.462 e. The Morgan fingerprint density at radius 1 is 1.21 bits per heavy atom. The number of nitrogens with one attached hydrogen (secondary N) is 1. The molecule has 0 aliphatic heterocycles. The molecular formula is C16H19NO2. The van der Waals surface area contributed by atoms with Gasteiger partial charge in [0.1, 0.15) is 0 Å². The molecular weight excluding hydrogens is 238 g/mol. The molecule has 1 N–H and O–H groups in total. The molecule has 0 aliphatic carbocycles. The van der Waals surface area contributed by atoms with Crippen LogP contribution in [0.2, 0.25) is 0 Å². The number of aryl methyl sites for hydroxylation is 1. The summed E-state index contributed by atoms with van der Waals surface area (Å²) in [6, 6.07) is 10.1. The lowest BCUT2D eigenvalue weighted by Crippen LogP contribution is -2.08. The van der Waals surface area contributed by atoms with Gasteiger partial charge in [0.2, 0.25) is 0 Å². The third-order valence-electron chi connectivity index (χ3n) is 3.28. The van der Waals surface area contributed by atoms with Gasteiger partial charge in [-0.25, -0.2) is 4.79 Å². The number of esters is 1. The van der Waals surface area contributed by atoms with Crippen LogP contribution in [0.15, 0.2) is 30.3 Å². The van der Waals surface area contributed by atoms with E-state index in [4.69, 9.17) is 4.74 Å². The van der Waals surface area contributed by atoms with Crippen molar-refractivity contribution in [3.8, 4) is 0 Å². The summed E-state index contributed by atoms with van der Waals surface area (Å²) < 4.78 is 5.14. The first-order chi connectivity index (χ1) is 9.13. The number of hydrogen-bond acceptors (Lipinski definition) is 2. The lowest BCUT2D eigenvalue weighted by Gasteiger charge is -2.05. The molecule has 0 bridgehead atoms. The van der Waals surface area contributed by atoms with E-state index >= 15 is 0 Å². The number of rotatable bonds is 4. The van der Waals surface area contributed by atoms with Crippen molar-refractivity contribution >= 4 is 5.97 Å². The topological polar surface area (TPSA) is 42.1 Å². The average molecular weight is 257 g/mol. The summed E-state index contributed by atoms with van der Waals surface area (Å²) >= 11 is 0. The van der Waals surface area contributed by atoms with Crippen LogP contribution in [-0.2, 0) is 11.2 Å². The zero-order valence-corrected chi connectivity index (χ0v) is 11.6. The highest BCUT2D eigenvalue weighted by atomic mass is 16.5. The molecule has 0 saturated carbocycles. The van der Waals surface area contributed by atoms with E-state index in [0.717, 1.165) is 17.0 Å². The standard InChI is InChI=1S/C16H19NO2/c1-4-19-16(18)15-11(2)12(3)17-14(15)10-13-8-6-5-7-9-13/h5-9,17H,4,10H2,1-3H3.